The molecule has 47 heavy (non-hydrogen) atoms. The number of ketones is 1. The number of hydrogen-bond acceptors (Lipinski definition) is 9. The number of hydrogen-bond donors (Lipinski definition) is 2. The van der Waals surface area contributed by atoms with Gasteiger partial charge in [0.25, 0.3) is 5.97 Å². The second-order valence-electron chi connectivity index (χ2n) is 13.8. The Hall–Kier alpha value is -4.02. The fraction of sp³-hybridized carbons (Fsp3) is 0.421. The molecule has 9 nitrogen and oxygen atoms in total. The summed E-state index contributed by atoms with van der Waals surface area (Å²) >= 11 is 0. The van der Waals surface area contributed by atoms with Gasteiger partial charge in [-0.1, -0.05) is 68.6 Å². The quantitative estimate of drug-likeness (QED) is 0.228. The number of carbonyl (C=O) groups is 2. The number of phenolic OH excluding ortho intramolecular Hbond substituents is 1. The van der Waals surface area contributed by atoms with Crippen LogP contribution in [0.25, 0.3) is 5.57 Å². The van der Waals surface area contributed by atoms with Crippen molar-refractivity contribution in [3.05, 3.63) is 102 Å². The molecule has 3 fully saturated rings. The molecule has 5 aliphatic rings. The van der Waals surface area contributed by atoms with E-state index in [4.69, 9.17) is 23.7 Å². The summed E-state index contributed by atoms with van der Waals surface area (Å²) in [5.41, 5.74) is -0.523. The molecule has 2 aliphatic heterocycles. The van der Waals surface area contributed by atoms with Gasteiger partial charge in [-0.2, -0.15) is 0 Å². The van der Waals surface area contributed by atoms with E-state index in [1.807, 2.05) is 49.4 Å². The highest BCUT2D eigenvalue weighted by Gasteiger charge is 2.79. The first-order valence-corrected chi connectivity index (χ1v) is 16.0. The first-order chi connectivity index (χ1) is 22.3. The zero-order valence-corrected chi connectivity index (χ0v) is 27.1. The van der Waals surface area contributed by atoms with Gasteiger partial charge in [-0.25, -0.2) is 4.79 Å². The summed E-state index contributed by atoms with van der Waals surface area (Å²) in [5, 5.41) is 22.4. The molecule has 0 amide bonds. The molecule has 2 aromatic rings. The van der Waals surface area contributed by atoms with Gasteiger partial charge in [0, 0.05) is 18.3 Å². The summed E-state index contributed by atoms with van der Waals surface area (Å²) in [6, 6.07) is 14.3. The molecule has 9 heteroatoms. The van der Waals surface area contributed by atoms with Crippen molar-refractivity contribution >= 4 is 17.3 Å². The third kappa shape index (κ3) is 4.51. The van der Waals surface area contributed by atoms with Crippen LogP contribution in [0.3, 0.4) is 0 Å². The highest BCUT2D eigenvalue weighted by molar-refractivity contribution is 6.15. The van der Waals surface area contributed by atoms with Crippen molar-refractivity contribution in [3.8, 4) is 11.5 Å². The molecule has 0 unspecified atom stereocenters. The maximum absolute atomic E-state index is 13.8. The van der Waals surface area contributed by atoms with E-state index in [1.165, 1.54) is 19.2 Å². The Morgan fingerprint density at radius 3 is 2.55 bits per heavy atom. The van der Waals surface area contributed by atoms with Crippen molar-refractivity contribution in [1.82, 2.24) is 0 Å². The highest BCUT2D eigenvalue weighted by Crippen LogP contribution is 2.68. The molecule has 2 aromatic carbocycles. The van der Waals surface area contributed by atoms with Gasteiger partial charge in [0.05, 0.1) is 24.7 Å². The number of esters is 1. The van der Waals surface area contributed by atoms with Crippen LogP contribution < -0.4 is 4.74 Å². The number of fused-ring (bicyclic) bond motifs is 2. The van der Waals surface area contributed by atoms with E-state index in [1.54, 1.807) is 13.0 Å². The molecule has 0 spiro atoms. The number of Topliss-reactive ketones (excluding diaryl/α,β-unsaturated/α-hetero) is 1. The zero-order valence-electron chi connectivity index (χ0n) is 27.1. The predicted molar refractivity (Wildman–Crippen MR) is 172 cm³/mol. The number of rotatable bonds is 8. The van der Waals surface area contributed by atoms with E-state index >= 15 is 0 Å². The van der Waals surface area contributed by atoms with Crippen molar-refractivity contribution in [1.29, 1.82) is 0 Å². The average molecular weight is 641 g/mol. The van der Waals surface area contributed by atoms with Gasteiger partial charge in [-0.05, 0) is 66.2 Å². The molecule has 1 saturated carbocycles. The van der Waals surface area contributed by atoms with Gasteiger partial charge in [0.15, 0.2) is 17.3 Å². The fourth-order valence-electron chi connectivity index (χ4n) is 8.72. The van der Waals surface area contributed by atoms with Crippen LogP contribution in [0.2, 0.25) is 0 Å². The molecular weight excluding hydrogens is 600 g/mol. The lowest BCUT2D eigenvalue weighted by atomic mass is 9.55. The van der Waals surface area contributed by atoms with Crippen molar-refractivity contribution in [3.63, 3.8) is 0 Å². The number of phenols is 1. The molecule has 2 N–H and O–H groups in total. The van der Waals surface area contributed by atoms with Gasteiger partial charge >= 0.3 is 5.97 Å². The molecular formula is C38H40O9. The smallest absolute Gasteiger partial charge is 0.338 e. The van der Waals surface area contributed by atoms with Crippen molar-refractivity contribution in [2.75, 3.05) is 13.7 Å². The summed E-state index contributed by atoms with van der Waals surface area (Å²) < 4.78 is 31.8. The number of carbonyl (C=O) groups excluding carboxylic acids is 2. The van der Waals surface area contributed by atoms with E-state index in [0.29, 0.717) is 29.6 Å². The third-order valence-corrected chi connectivity index (χ3v) is 10.9. The summed E-state index contributed by atoms with van der Waals surface area (Å²) in [4.78, 5) is 27.1. The lowest BCUT2D eigenvalue weighted by Crippen LogP contribution is -2.70. The van der Waals surface area contributed by atoms with Crippen LogP contribution in [0.5, 0.6) is 11.5 Å². The Morgan fingerprint density at radius 2 is 1.85 bits per heavy atom. The van der Waals surface area contributed by atoms with Gasteiger partial charge in [0.2, 0.25) is 0 Å². The van der Waals surface area contributed by atoms with E-state index < -0.39 is 46.7 Å². The lowest BCUT2D eigenvalue weighted by molar-refractivity contribution is -0.421. The van der Waals surface area contributed by atoms with E-state index in [-0.39, 0.29) is 41.8 Å². The predicted octanol–water partition coefficient (Wildman–Crippen LogP) is 5.22. The van der Waals surface area contributed by atoms with Gasteiger partial charge < -0.3 is 33.9 Å². The monoisotopic (exact) mass is 640 g/mol. The zero-order chi connectivity index (χ0) is 33.5. The van der Waals surface area contributed by atoms with Gasteiger partial charge in [-0.15, -0.1) is 0 Å². The Labute approximate surface area is 274 Å². The van der Waals surface area contributed by atoms with Crippen LogP contribution in [0.15, 0.2) is 90.6 Å². The standard InChI is InChI=1S/C38H40O9/c1-21(2)36-17-23(4)38-28(33(36)45-37(46-36,47-38)19-25-10-8-7-9-11-25)15-26(18-35(42)31(38)14-22(3)32(35)40)20-44-34(41)24(5)27-12-13-29(39)30(16-27)43-6/h7-16,23,28,31,33,39,42H,1,5,17-20H2,2-4,6H3/t23-,28+,31-,33-,35-,36-,37-,38-/m1/s1. The van der Waals surface area contributed by atoms with E-state index in [2.05, 4.69) is 20.1 Å². The second kappa shape index (κ2) is 10.8. The summed E-state index contributed by atoms with van der Waals surface area (Å²) in [5.74, 6) is -3.77. The largest absolute Gasteiger partial charge is 0.504 e. The van der Waals surface area contributed by atoms with Crippen LogP contribution in [-0.2, 0) is 35.0 Å². The minimum Gasteiger partial charge on any atom is -0.504 e. The molecule has 3 bridgehead atoms. The normalized spacial score (nSPS) is 36.5. The minimum atomic E-state index is -1.83. The molecule has 7 rings (SSSR count). The first kappa shape index (κ1) is 31.6. The van der Waals surface area contributed by atoms with Crippen molar-refractivity contribution < 1.29 is 43.5 Å². The maximum Gasteiger partial charge on any atom is 0.338 e. The summed E-state index contributed by atoms with van der Waals surface area (Å²) in [7, 11) is 1.41. The topological polar surface area (TPSA) is 121 Å². The Bertz CT molecular complexity index is 1760. The second-order valence-corrected chi connectivity index (χ2v) is 13.8. The van der Waals surface area contributed by atoms with Crippen LogP contribution >= 0.6 is 0 Å². The van der Waals surface area contributed by atoms with E-state index in [0.717, 1.165) is 11.1 Å². The highest BCUT2D eigenvalue weighted by atomic mass is 16.9. The number of methoxy groups -OCH3 is 1. The van der Waals surface area contributed by atoms with Crippen LogP contribution in [0.4, 0.5) is 0 Å². The molecule has 8 atom stereocenters. The first-order valence-electron chi connectivity index (χ1n) is 16.0. The maximum atomic E-state index is 13.8. The molecule has 3 aliphatic carbocycles. The lowest BCUT2D eigenvalue weighted by Gasteiger charge is -2.59. The van der Waals surface area contributed by atoms with E-state index in [9.17, 15) is 19.8 Å². The number of ether oxygens (including phenoxy) is 5. The SMILES string of the molecule is C=C(C(=O)OCC1=C[C@H]2[C@H]3O[C@@]4(Cc5ccccc5)O[C@@]2([C@H](C)C[C@]3(C(=C)C)O4)[C@@H]2C=C(C)C(=O)[C@@]2(O)C1)c1ccc(O)c(OC)c1. The van der Waals surface area contributed by atoms with Crippen molar-refractivity contribution in [2.24, 2.45) is 17.8 Å². The van der Waals surface area contributed by atoms with Gasteiger partial charge in [-0.3, -0.25) is 4.79 Å². The Balaban J connectivity index is 1.28. The molecule has 2 saturated heterocycles. The number of aliphatic hydroxyl groups is 1. The number of benzene rings is 2. The summed E-state index contributed by atoms with van der Waals surface area (Å²) in [6.45, 7) is 13.8. The molecule has 246 valence electrons. The molecule has 2 heterocycles. The molecule has 0 aromatic heterocycles. The number of aromatic hydroxyl groups is 1. The Kier molecular flexibility index (Phi) is 7.22. The third-order valence-electron chi connectivity index (χ3n) is 10.9. The van der Waals surface area contributed by atoms with Crippen LogP contribution in [0, 0.1) is 17.8 Å². The molecule has 0 radical (unpaired) electrons. The van der Waals surface area contributed by atoms with Crippen molar-refractivity contribution in [2.45, 2.75) is 68.9 Å². The fourth-order valence-corrected chi connectivity index (χ4v) is 8.72. The minimum absolute atomic E-state index is 0.0508. The van der Waals surface area contributed by atoms with Crippen LogP contribution in [0.1, 0.15) is 44.7 Å². The van der Waals surface area contributed by atoms with Crippen LogP contribution in [-0.4, -0.2) is 64.6 Å². The summed E-state index contributed by atoms with van der Waals surface area (Å²) in [6.07, 6.45) is 4.06. The van der Waals surface area contributed by atoms with Gasteiger partial charge in [0.1, 0.15) is 23.9 Å². The Morgan fingerprint density at radius 1 is 1.11 bits per heavy atom. The average Bonchev–Trinajstić information content (AvgIpc) is 3.35.